The third kappa shape index (κ3) is 7.63. The number of aliphatic hydroxyl groups excluding tert-OH is 1. The van der Waals surface area contributed by atoms with Crippen LogP contribution < -0.4 is 10.0 Å². The van der Waals surface area contributed by atoms with Gasteiger partial charge in [-0.05, 0) is 85.3 Å². The summed E-state index contributed by atoms with van der Waals surface area (Å²) in [7, 11) is -3.89. The molecule has 0 spiro atoms. The maximum Gasteiger partial charge on any atom is 0.416 e. The van der Waals surface area contributed by atoms with Crippen LogP contribution in [0.1, 0.15) is 22.8 Å². The summed E-state index contributed by atoms with van der Waals surface area (Å²) >= 11 is 0. The zero-order chi connectivity index (χ0) is 30.5. The van der Waals surface area contributed by atoms with Gasteiger partial charge in [-0.2, -0.15) is 18.2 Å². The van der Waals surface area contributed by atoms with Crippen molar-refractivity contribution in [1.82, 2.24) is 20.4 Å². The van der Waals surface area contributed by atoms with E-state index in [1.807, 2.05) is 18.2 Å². The van der Waals surface area contributed by atoms with E-state index in [1.165, 1.54) is 36.4 Å². The topological polar surface area (TPSA) is 130 Å². The van der Waals surface area contributed by atoms with Crippen LogP contribution in [0, 0.1) is 0 Å². The van der Waals surface area contributed by atoms with Gasteiger partial charge < -0.3 is 14.9 Å². The first-order valence-electron chi connectivity index (χ1n) is 13.1. The van der Waals surface area contributed by atoms with E-state index in [-0.39, 0.29) is 16.6 Å². The van der Waals surface area contributed by atoms with Gasteiger partial charge in [0.05, 0.1) is 16.6 Å². The second-order valence-electron chi connectivity index (χ2n) is 9.58. The molecule has 2 heterocycles. The van der Waals surface area contributed by atoms with Crippen molar-refractivity contribution in [2.75, 3.05) is 17.8 Å². The first kappa shape index (κ1) is 29.9. The van der Waals surface area contributed by atoms with Gasteiger partial charge in [-0.15, -0.1) is 0 Å². The first-order chi connectivity index (χ1) is 20.6. The number of anilines is 1. The molecule has 1 unspecified atom stereocenters. The van der Waals surface area contributed by atoms with Crippen molar-refractivity contribution in [3.05, 3.63) is 114 Å². The van der Waals surface area contributed by atoms with Gasteiger partial charge in [-0.1, -0.05) is 23.4 Å². The minimum atomic E-state index is -4.45. The molecule has 1 atom stereocenters. The van der Waals surface area contributed by atoms with E-state index in [9.17, 15) is 26.7 Å². The summed E-state index contributed by atoms with van der Waals surface area (Å²) in [5, 5.41) is 17.3. The van der Waals surface area contributed by atoms with Gasteiger partial charge in [0, 0.05) is 41.3 Å². The van der Waals surface area contributed by atoms with Crippen LogP contribution in [0.5, 0.6) is 0 Å². The summed E-state index contributed by atoms with van der Waals surface area (Å²) in [5.41, 5.74) is 2.11. The van der Waals surface area contributed by atoms with Gasteiger partial charge in [0.1, 0.15) is 0 Å². The summed E-state index contributed by atoms with van der Waals surface area (Å²) in [6.45, 7) is 1.01. The van der Waals surface area contributed by atoms with Gasteiger partial charge in [0.25, 0.3) is 15.9 Å². The van der Waals surface area contributed by atoms with Gasteiger partial charge in [0.15, 0.2) is 0 Å². The average molecular weight is 610 g/mol. The second-order valence-corrected chi connectivity index (χ2v) is 11.3. The number of aliphatic hydroxyl groups is 1. The molecule has 2 aromatic heterocycles. The Balaban J connectivity index is 1.15. The smallest absolute Gasteiger partial charge is 0.387 e. The van der Waals surface area contributed by atoms with E-state index in [0.29, 0.717) is 36.3 Å². The molecule has 0 bridgehead atoms. The molecule has 9 nitrogen and oxygen atoms in total. The lowest BCUT2D eigenvalue weighted by molar-refractivity contribution is -0.137. The summed E-state index contributed by atoms with van der Waals surface area (Å²) in [6, 6.07) is 20.7. The molecule has 0 radical (unpaired) electrons. The molecule has 43 heavy (non-hydrogen) atoms. The van der Waals surface area contributed by atoms with Gasteiger partial charge in [0.2, 0.25) is 5.82 Å². The summed E-state index contributed by atoms with van der Waals surface area (Å²) in [4.78, 5) is 8.23. The Morgan fingerprint density at radius 2 is 1.60 bits per heavy atom. The first-order valence-corrected chi connectivity index (χ1v) is 14.6. The van der Waals surface area contributed by atoms with E-state index >= 15 is 0 Å². The Hall–Kier alpha value is -4.59. The summed E-state index contributed by atoms with van der Waals surface area (Å²) < 4.78 is 72.0. The molecule has 0 aliphatic carbocycles. The molecule has 0 aliphatic heterocycles. The Kier molecular flexibility index (Phi) is 8.85. The van der Waals surface area contributed by atoms with E-state index in [0.717, 1.165) is 23.3 Å². The van der Waals surface area contributed by atoms with Crippen LogP contribution in [0.25, 0.3) is 22.8 Å². The molecular formula is C30H26F3N5O4S. The Morgan fingerprint density at radius 3 is 2.26 bits per heavy atom. The van der Waals surface area contributed by atoms with Crippen molar-refractivity contribution in [2.45, 2.75) is 23.6 Å². The maximum atomic E-state index is 12.9. The highest BCUT2D eigenvalue weighted by Gasteiger charge is 2.30. The van der Waals surface area contributed by atoms with E-state index in [4.69, 9.17) is 4.52 Å². The number of halogens is 3. The normalized spacial score (nSPS) is 12.7. The fourth-order valence-corrected chi connectivity index (χ4v) is 5.22. The van der Waals surface area contributed by atoms with Gasteiger partial charge in [-0.3, -0.25) is 9.71 Å². The predicted molar refractivity (Wildman–Crippen MR) is 153 cm³/mol. The van der Waals surface area contributed by atoms with Crippen molar-refractivity contribution in [3.8, 4) is 22.8 Å². The van der Waals surface area contributed by atoms with Crippen LogP contribution in [0.2, 0.25) is 0 Å². The molecule has 13 heteroatoms. The minimum Gasteiger partial charge on any atom is -0.387 e. The Morgan fingerprint density at radius 1 is 0.907 bits per heavy atom. The lowest BCUT2D eigenvalue weighted by Crippen LogP contribution is -2.23. The number of pyridine rings is 1. The molecule has 5 rings (SSSR count). The SMILES string of the molecule is O=S(=O)(Nc1ccc(CCNCC(O)c2cccnc2)cc1)c1ccc(-c2noc(-c3ccc(C(F)(F)F)cc3)n2)cc1. The van der Waals surface area contributed by atoms with Crippen LogP contribution in [-0.4, -0.2) is 41.7 Å². The summed E-state index contributed by atoms with van der Waals surface area (Å²) in [6.07, 6.45) is -1.15. The third-order valence-corrected chi connectivity index (χ3v) is 7.91. The fraction of sp³-hybridized carbons (Fsp3) is 0.167. The Labute approximate surface area is 245 Å². The molecule has 0 aliphatic rings. The van der Waals surface area contributed by atoms with Gasteiger partial charge >= 0.3 is 6.18 Å². The molecule has 5 aromatic rings. The average Bonchev–Trinajstić information content (AvgIpc) is 3.51. The number of aromatic nitrogens is 3. The standard InChI is InChI=1S/C30H26F3N5O4S/c31-30(32,33)24-9-5-22(6-10-24)29-36-28(37-42-29)21-7-13-26(14-8-21)43(40,41)38-25-11-3-20(4-12-25)15-17-35-19-27(39)23-2-1-16-34-18-23/h1-14,16,18,27,35,38-39H,15,17,19H2. The predicted octanol–water partition coefficient (Wildman–Crippen LogP) is 5.48. The number of nitrogens with zero attached hydrogens (tertiary/aromatic N) is 3. The largest absolute Gasteiger partial charge is 0.416 e. The third-order valence-electron chi connectivity index (χ3n) is 6.51. The molecule has 0 fully saturated rings. The van der Waals surface area contributed by atoms with Crippen molar-refractivity contribution in [3.63, 3.8) is 0 Å². The number of hydrogen-bond acceptors (Lipinski definition) is 8. The molecule has 0 amide bonds. The molecule has 3 N–H and O–H groups in total. The number of hydrogen-bond donors (Lipinski definition) is 3. The minimum absolute atomic E-state index is 0.0168. The number of benzene rings is 3. The van der Waals surface area contributed by atoms with Gasteiger partial charge in [-0.25, -0.2) is 8.42 Å². The highest BCUT2D eigenvalue weighted by atomic mass is 32.2. The van der Waals surface area contributed by atoms with Crippen molar-refractivity contribution < 1.29 is 31.2 Å². The second kappa shape index (κ2) is 12.7. The van der Waals surface area contributed by atoms with Crippen LogP contribution >= 0.6 is 0 Å². The fourth-order valence-electron chi connectivity index (χ4n) is 4.16. The quantitative estimate of drug-likeness (QED) is 0.168. The van der Waals surface area contributed by atoms with Crippen LogP contribution in [-0.2, 0) is 22.6 Å². The van der Waals surface area contributed by atoms with Crippen molar-refractivity contribution in [1.29, 1.82) is 0 Å². The van der Waals surface area contributed by atoms with E-state index < -0.39 is 27.9 Å². The van der Waals surface area contributed by atoms with Crippen LogP contribution in [0.3, 0.4) is 0 Å². The number of sulfonamides is 1. The highest BCUT2D eigenvalue weighted by Crippen LogP contribution is 2.31. The number of nitrogens with one attached hydrogen (secondary N) is 2. The zero-order valence-corrected chi connectivity index (χ0v) is 23.3. The molecule has 0 saturated heterocycles. The lowest BCUT2D eigenvalue weighted by Gasteiger charge is -2.12. The highest BCUT2D eigenvalue weighted by molar-refractivity contribution is 7.92. The number of alkyl halides is 3. The van der Waals surface area contributed by atoms with Crippen LogP contribution in [0.4, 0.5) is 18.9 Å². The summed E-state index contributed by atoms with van der Waals surface area (Å²) in [5.74, 6) is 0.187. The zero-order valence-electron chi connectivity index (χ0n) is 22.5. The molecule has 0 saturated carbocycles. The molecule has 222 valence electrons. The lowest BCUT2D eigenvalue weighted by atomic mass is 10.1. The monoisotopic (exact) mass is 609 g/mol. The van der Waals surface area contributed by atoms with Crippen molar-refractivity contribution in [2.24, 2.45) is 0 Å². The molecule has 3 aromatic carbocycles. The number of rotatable bonds is 11. The van der Waals surface area contributed by atoms with Crippen LogP contribution in [0.15, 0.2) is 107 Å². The van der Waals surface area contributed by atoms with Crippen molar-refractivity contribution >= 4 is 15.7 Å². The van der Waals surface area contributed by atoms with E-state index in [1.54, 1.807) is 30.6 Å². The maximum absolute atomic E-state index is 12.9. The Bertz CT molecular complexity index is 1750. The van der Waals surface area contributed by atoms with E-state index in [2.05, 4.69) is 25.2 Å². The molecular weight excluding hydrogens is 583 g/mol.